The SMILES string of the molecule is COCO[C@H]1C[C@@H]([C@H](C[C@@H](O)CO)OC)O[C@H]1[C@@H](C)COCc1ccccc1. The standard InChI is InChI=1S/C21H34O7/c1-15(12-26-13-16-7-5-4-6-8-16)21-20(27-14-24-2)10-19(28-21)18(25-3)9-17(23)11-22/h4-8,15,17-23H,9-14H2,1-3H3/t15-,17+,18-,19-,20-,21-/m0/s1. The number of benzene rings is 1. The molecular weight excluding hydrogens is 364 g/mol. The van der Waals surface area contributed by atoms with Crippen LogP contribution >= 0.6 is 0 Å². The van der Waals surface area contributed by atoms with Gasteiger partial charge < -0.3 is 33.9 Å². The molecule has 28 heavy (non-hydrogen) atoms. The summed E-state index contributed by atoms with van der Waals surface area (Å²) in [5.41, 5.74) is 1.13. The second-order valence-electron chi connectivity index (χ2n) is 7.31. The van der Waals surface area contributed by atoms with Crippen molar-refractivity contribution in [1.29, 1.82) is 0 Å². The molecule has 0 aromatic heterocycles. The number of hydrogen-bond donors (Lipinski definition) is 2. The molecule has 0 unspecified atom stereocenters. The third kappa shape index (κ3) is 7.08. The predicted octanol–water partition coefficient (Wildman–Crippen LogP) is 1.74. The summed E-state index contributed by atoms with van der Waals surface area (Å²) in [5, 5.41) is 18.9. The predicted molar refractivity (Wildman–Crippen MR) is 104 cm³/mol. The summed E-state index contributed by atoms with van der Waals surface area (Å²) in [4.78, 5) is 0. The number of aliphatic hydroxyl groups excluding tert-OH is 2. The van der Waals surface area contributed by atoms with Gasteiger partial charge in [0, 0.05) is 33.0 Å². The van der Waals surface area contributed by atoms with Gasteiger partial charge >= 0.3 is 0 Å². The van der Waals surface area contributed by atoms with Gasteiger partial charge in [-0.25, -0.2) is 0 Å². The summed E-state index contributed by atoms with van der Waals surface area (Å²) in [6.45, 7) is 3.05. The van der Waals surface area contributed by atoms with E-state index in [1.54, 1.807) is 14.2 Å². The normalized spacial score (nSPS) is 25.5. The Morgan fingerprint density at radius 1 is 1.21 bits per heavy atom. The van der Waals surface area contributed by atoms with Crippen molar-refractivity contribution in [1.82, 2.24) is 0 Å². The smallest absolute Gasteiger partial charge is 0.146 e. The van der Waals surface area contributed by atoms with Gasteiger partial charge in [-0.05, 0) is 5.56 Å². The van der Waals surface area contributed by atoms with Crippen molar-refractivity contribution < 1.29 is 33.9 Å². The van der Waals surface area contributed by atoms with E-state index in [1.807, 2.05) is 30.3 Å². The van der Waals surface area contributed by atoms with Gasteiger partial charge in [0.1, 0.15) is 6.79 Å². The Labute approximate surface area is 167 Å². The van der Waals surface area contributed by atoms with Gasteiger partial charge in [-0.3, -0.25) is 0 Å². The summed E-state index contributed by atoms with van der Waals surface area (Å²) >= 11 is 0. The van der Waals surface area contributed by atoms with Crippen LogP contribution in [0.1, 0.15) is 25.3 Å². The molecule has 0 saturated carbocycles. The molecule has 160 valence electrons. The van der Waals surface area contributed by atoms with Gasteiger partial charge in [-0.1, -0.05) is 37.3 Å². The van der Waals surface area contributed by atoms with Crippen LogP contribution in [0.3, 0.4) is 0 Å². The lowest BCUT2D eigenvalue weighted by Gasteiger charge is -2.26. The minimum Gasteiger partial charge on any atom is -0.394 e. The minimum absolute atomic E-state index is 0.107. The van der Waals surface area contributed by atoms with E-state index in [0.717, 1.165) is 5.56 Å². The first-order valence-corrected chi connectivity index (χ1v) is 9.78. The summed E-state index contributed by atoms with van der Waals surface area (Å²) in [6.07, 6.45) is -0.761. The molecular formula is C21H34O7. The van der Waals surface area contributed by atoms with E-state index in [9.17, 15) is 5.11 Å². The molecule has 1 aromatic carbocycles. The second kappa shape index (κ2) is 12.5. The van der Waals surface area contributed by atoms with Crippen molar-refractivity contribution >= 4 is 0 Å². The van der Waals surface area contributed by atoms with Crippen LogP contribution in [0.5, 0.6) is 0 Å². The van der Waals surface area contributed by atoms with Crippen LogP contribution < -0.4 is 0 Å². The molecule has 0 aliphatic carbocycles. The van der Waals surface area contributed by atoms with Crippen molar-refractivity contribution in [3.05, 3.63) is 35.9 Å². The average molecular weight is 398 g/mol. The van der Waals surface area contributed by atoms with E-state index in [4.69, 9.17) is 28.8 Å². The molecule has 2 rings (SSSR count). The van der Waals surface area contributed by atoms with Crippen LogP contribution in [-0.4, -0.2) is 75.0 Å². The van der Waals surface area contributed by atoms with E-state index >= 15 is 0 Å². The summed E-state index contributed by atoms with van der Waals surface area (Å²) < 4.78 is 28.5. The molecule has 1 fully saturated rings. The Bertz CT molecular complexity index is 527. The monoisotopic (exact) mass is 398 g/mol. The van der Waals surface area contributed by atoms with Gasteiger partial charge in [0.05, 0.1) is 50.3 Å². The molecule has 0 radical (unpaired) electrons. The lowest BCUT2D eigenvalue weighted by Crippen LogP contribution is -2.35. The highest BCUT2D eigenvalue weighted by atomic mass is 16.7. The third-order valence-corrected chi connectivity index (χ3v) is 5.05. The zero-order valence-electron chi connectivity index (χ0n) is 17.0. The van der Waals surface area contributed by atoms with Crippen molar-refractivity contribution in [3.63, 3.8) is 0 Å². The fourth-order valence-corrected chi connectivity index (χ4v) is 3.54. The van der Waals surface area contributed by atoms with Crippen molar-refractivity contribution in [2.24, 2.45) is 5.92 Å². The molecule has 7 nitrogen and oxygen atoms in total. The van der Waals surface area contributed by atoms with Gasteiger partial charge in [0.25, 0.3) is 0 Å². The Balaban J connectivity index is 1.92. The molecule has 0 amide bonds. The Morgan fingerprint density at radius 2 is 1.96 bits per heavy atom. The number of aliphatic hydroxyl groups is 2. The first-order valence-electron chi connectivity index (χ1n) is 9.78. The Morgan fingerprint density at radius 3 is 2.61 bits per heavy atom. The molecule has 1 heterocycles. The average Bonchev–Trinajstić information content (AvgIpc) is 3.15. The zero-order chi connectivity index (χ0) is 20.4. The van der Waals surface area contributed by atoms with E-state index in [2.05, 4.69) is 6.92 Å². The maximum absolute atomic E-state index is 9.77. The van der Waals surface area contributed by atoms with E-state index in [1.165, 1.54) is 0 Å². The highest BCUT2D eigenvalue weighted by molar-refractivity contribution is 5.13. The quantitative estimate of drug-likeness (QED) is 0.490. The molecule has 1 aromatic rings. The van der Waals surface area contributed by atoms with Crippen LogP contribution in [0, 0.1) is 5.92 Å². The van der Waals surface area contributed by atoms with Crippen molar-refractivity contribution in [2.45, 2.75) is 56.9 Å². The van der Waals surface area contributed by atoms with E-state index in [0.29, 0.717) is 26.1 Å². The molecule has 0 bridgehead atoms. The fraction of sp³-hybridized carbons (Fsp3) is 0.714. The summed E-state index contributed by atoms with van der Waals surface area (Å²) in [5.74, 6) is 0.107. The number of hydrogen-bond acceptors (Lipinski definition) is 7. The second-order valence-corrected chi connectivity index (χ2v) is 7.31. The minimum atomic E-state index is -0.836. The first-order chi connectivity index (χ1) is 13.6. The maximum Gasteiger partial charge on any atom is 0.146 e. The van der Waals surface area contributed by atoms with E-state index < -0.39 is 6.10 Å². The Kier molecular flexibility index (Phi) is 10.4. The van der Waals surface area contributed by atoms with Crippen molar-refractivity contribution in [2.75, 3.05) is 34.2 Å². The zero-order valence-corrected chi connectivity index (χ0v) is 17.0. The molecule has 6 atom stereocenters. The number of ether oxygens (including phenoxy) is 5. The van der Waals surface area contributed by atoms with Gasteiger partial charge in [-0.2, -0.15) is 0 Å². The largest absolute Gasteiger partial charge is 0.394 e. The van der Waals surface area contributed by atoms with Gasteiger partial charge in [0.15, 0.2) is 0 Å². The summed E-state index contributed by atoms with van der Waals surface area (Å²) in [7, 11) is 3.17. The molecule has 0 spiro atoms. The number of methoxy groups -OCH3 is 2. The van der Waals surface area contributed by atoms with Crippen molar-refractivity contribution in [3.8, 4) is 0 Å². The lowest BCUT2D eigenvalue weighted by molar-refractivity contribution is -0.124. The molecule has 1 aliphatic rings. The molecule has 1 saturated heterocycles. The van der Waals surface area contributed by atoms with Gasteiger partial charge in [0.2, 0.25) is 0 Å². The van der Waals surface area contributed by atoms with E-state index in [-0.39, 0.29) is 43.7 Å². The van der Waals surface area contributed by atoms with Crippen LogP contribution in [0.2, 0.25) is 0 Å². The molecule has 1 aliphatic heterocycles. The Hall–Kier alpha value is -1.06. The molecule has 2 N–H and O–H groups in total. The fourth-order valence-electron chi connectivity index (χ4n) is 3.54. The number of rotatable bonds is 13. The highest BCUT2D eigenvalue weighted by Crippen LogP contribution is 2.32. The van der Waals surface area contributed by atoms with Gasteiger partial charge in [-0.15, -0.1) is 0 Å². The van der Waals surface area contributed by atoms with Crippen LogP contribution in [0.25, 0.3) is 0 Å². The first kappa shape index (κ1) is 23.2. The third-order valence-electron chi connectivity index (χ3n) is 5.05. The van der Waals surface area contributed by atoms with Crippen LogP contribution in [-0.2, 0) is 30.3 Å². The summed E-state index contributed by atoms with van der Waals surface area (Å²) in [6, 6.07) is 10.0. The van der Waals surface area contributed by atoms with Crippen LogP contribution in [0.15, 0.2) is 30.3 Å². The highest BCUT2D eigenvalue weighted by Gasteiger charge is 2.43. The van der Waals surface area contributed by atoms with Crippen LogP contribution in [0.4, 0.5) is 0 Å². The topological polar surface area (TPSA) is 86.6 Å². The maximum atomic E-state index is 9.77. The molecule has 7 heteroatoms. The lowest BCUT2D eigenvalue weighted by atomic mass is 9.98.